The SMILES string of the molecule is CCC1CC2CCCC(c3ccc4c(c3)c3ccccc3n4-c3cncc(-n4c5ccccc5c5ccccc54)c3)(C1)C2. The van der Waals surface area contributed by atoms with Crippen LogP contribution in [0.1, 0.15) is 57.4 Å². The third-order valence-corrected chi connectivity index (χ3v) is 11.0. The smallest absolute Gasteiger partial charge is 0.0666 e. The van der Waals surface area contributed by atoms with Gasteiger partial charge in [0.15, 0.2) is 0 Å². The van der Waals surface area contributed by atoms with Gasteiger partial charge in [0.25, 0.3) is 0 Å². The number of rotatable bonds is 4. The van der Waals surface area contributed by atoms with Crippen molar-refractivity contribution in [2.75, 3.05) is 0 Å². The Hall–Kier alpha value is -4.37. The fourth-order valence-corrected chi connectivity index (χ4v) is 9.11. The highest BCUT2D eigenvalue weighted by Gasteiger charge is 2.43. The average Bonchev–Trinajstić information content (AvgIpc) is 3.57. The second-order valence-electron chi connectivity index (χ2n) is 13.3. The van der Waals surface area contributed by atoms with E-state index in [1.165, 1.54) is 88.6 Å². The lowest BCUT2D eigenvalue weighted by molar-refractivity contribution is 0.101. The van der Waals surface area contributed by atoms with E-state index in [9.17, 15) is 0 Å². The summed E-state index contributed by atoms with van der Waals surface area (Å²) in [5.41, 5.74) is 9.01. The molecular weight excluding hydrogens is 522 g/mol. The van der Waals surface area contributed by atoms with Crippen LogP contribution in [0.5, 0.6) is 0 Å². The minimum atomic E-state index is 0.344. The van der Waals surface area contributed by atoms with E-state index in [-0.39, 0.29) is 0 Å². The summed E-state index contributed by atoms with van der Waals surface area (Å²) < 4.78 is 4.79. The van der Waals surface area contributed by atoms with Crippen LogP contribution in [-0.4, -0.2) is 14.1 Å². The van der Waals surface area contributed by atoms with Crippen molar-refractivity contribution >= 4 is 43.6 Å². The van der Waals surface area contributed by atoms with Crippen molar-refractivity contribution in [1.29, 1.82) is 0 Å². The number of para-hydroxylation sites is 3. The van der Waals surface area contributed by atoms with E-state index in [2.05, 4.69) is 113 Å². The molecule has 212 valence electrons. The van der Waals surface area contributed by atoms with Gasteiger partial charge in [-0.1, -0.05) is 86.8 Å². The summed E-state index contributed by atoms with van der Waals surface area (Å²) in [6.07, 6.45) is 13.7. The first-order valence-corrected chi connectivity index (χ1v) is 16.2. The number of pyridine rings is 1. The third kappa shape index (κ3) is 3.77. The van der Waals surface area contributed by atoms with Crippen molar-refractivity contribution in [3.8, 4) is 11.4 Å². The Labute approximate surface area is 252 Å². The second-order valence-corrected chi connectivity index (χ2v) is 13.3. The van der Waals surface area contributed by atoms with E-state index in [0.717, 1.165) is 23.2 Å². The molecule has 3 unspecified atom stereocenters. The maximum atomic E-state index is 4.83. The molecule has 0 amide bonds. The van der Waals surface area contributed by atoms with Gasteiger partial charge in [0.05, 0.1) is 45.8 Å². The van der Waals surface area contributed by atoms with Crippen molar-refractivity contribution in [3.63, 3.8) is 0 Å². The Morgan fingerprint density at radius 3 is 1.88 bits per heavy atom. The van der Waals surface area contributed by atoms with Gasteiger partial charge < -0.3 is 9.13 Å². The van der Waals surface area contributed by atoms with Gasteiger partial charge in [-0.3, -0.25) is 4.98 Å². The second kappa shape index (κ2) is 9.57. The van der Waals surface area contributed by atoms with Crippen molar-refractivity contribution in [2.45, 2.75) is 57.3 Å². The van der Waals surface area contributed by atoms with E-state index < -0.39 is 0 Å². The molecule has 7 aromatic rings. The molecule has 0 aliphatic heterocycles. The summed E-state index contributed by atoms with van der Waals surface area (Å²) in [6, 6.07) is 36.1. The van der Waals surface area contributed by atoms with Gasteiger partial charge in [-0.15, -0.1) is 0 Å². The first-order valence-electron chi connectivity index (χ1n) is 16.2. The number of benzene rings is 4. The lowest BCUT2D eigenvalue weighted by Crippen LogP contribution is -2.40. The fourth-order valence-electron chi connectivity index (χ4n) is 9.11. The zero-order chi connectivity index (χ0) is 28.5. The van der Waals surface area contributed by atoms with Gasteiger partial charge in [-0.25, -0.2) is 0 Å². The lowest BCUT2D eigenvalue weighted by Gasteiger charge is -2.49. The Morgan fingerprint density at radius 1 is 0.674 bits per heavy atom. The minimum absolute atomic E-state index is 0.344. The van der Waals surface area contributed by atoms with Crippen LogP contribution in [0, 0.1) is 11.8 Å². The molecule has 2 saturated carbocycles. The predicted octanol–water partition coefficient (Wildman–Crippen LogP) is 10.5. The molecule has 2 fully saturated rings. The molecule has 4 aromatic carbocycles. The molecule has 2 bridgehead atoms. The molecule has 3 nitrogen and oxygen atoms in total. The molecule has 3 heterocycles. The van der Waals surface area contributed by atoms with E-state index >= 15 is 0 Å². The van der Waals surface area contributed by atoms with Crippen LogP contribution in [-0.2, 0) is 5.41 Å². The molecule has 2 aliphatic carbocycles. The average molecular weight is 560 g/mol. The molecule has 0 radical (unpaired) electrons. The maximum Gasteiger partial charge on any atom is 0.0666 e. The van der Waals surface area contributed by atoms with Crippen molar-refractivity contribution < 1.29 is 0 Å². The van der Waals surface area contributed by atoms with Gasteiger partial charge >= 0.3 is 0 Å². The summed E-state index contributed by atoms with van der Waals surface area (Å²) >= 11 is 0. The first-order chi connectivity index (χ1) is 21.2. The highest BCUT2D eigenvalue weighted by atomic mass is 15.0. The standard InChI is InChI=1S/C40H37N3/c1-2-27-20-28-10-9-19-40(23-27,24-28)29-17-18-39-35(21-29)34-13-5-8-16-38(34)43(39)31-22-30(25-41-26-31)42-36-14-6-3-11-32(36)33-12-4-7-15-37(33)42/h3-8,11-18,21-22,25-28H,2,9-10,19-20,23-24H2,1H3. The summed E-state index contributed by atoms with van der Waals surface area (Å²) in [4.78, 5) is 4.83. The normalized spacial score (nSPS) is 22.2. The van der Waals surface area contributed by atoms with Crippen LogP contribution in [0.15, 0.2) is 109 Å². The van der Waals surface area contributed by atoms with Crippen molar-refractivity contribution in [2.24, 2.45) is 11.8 Å². The monoisotopic (exact) mass is 559 g/mol. The fraction of sp³-hybridized carbons (Fsp3) is 0.275. The van der Waals surface area contributed by atoms with Crippen LogP contribution in [0.4, 0.5) is 0 Å². The molecule has 3 atom stereocenters. The third-order valence-electron chi connectivity index (χ3n) is 11.0. The van der Waals surface area contributed by atoms with E-state index in [1.807, 2.05) is 12.4 Å². The molecule has 2 aliphatic rings. The Balaban J connectivity index is 1.24. The summed E-state index contributed by atoms with van der Waals surface area (Å²) in [7, 11) is 0. The first kappa shape index (κ1) is 25.2. The van der Waals surface area contributed by atoms with E-state index in [0.29, 0.717) is 5.41 Å². The Morgan fingerprint density at radius 2 is 1.26 bits per heavy atom. The van der Waals surface area contributed by atoms with Gasteiger partial charge in [0.1, 0.15) is 0 Å². The minimum Gasteiger partial charge on any atom is -0.308 e. The number of nitrogens with zero attached hydrogens (tertiary/aromatic N) is 3. The number of hydrogen-bond acceptors (Lipinski definition) is 1. The zero-order valence-corrected chi connectivity index (χ0v) is 24.8. The largest absolute Gasteiger partial charge is 0.308 e. The van der Waals surface area contributed by atoms with Gasteiger partial charge in [0, 0.05) is 21.5 Å². The Bertz CT molecular complexity index is 2110. The molecule has 3 aromatic heterocycles. The molecule has 43 heavy (non-hydrogen) atoms. The van der Waals surface area contributed by atoms with E-state index in [4.69, 9.17) is 4.98 Å². The van der Waals surface area contributed by atoms with Gasteiger partial charge in [-0.05, 0) is 84.9 Å². The number of aromatic nitrogens is 3. The highest BCUT2D eigenvalue weighted by molar-refractivity contribution is 6.10. The van der Waals surface area contributed by atoms with E-state index in [1.54, 1.807) is 5.56 Å². The zero-order valence-electron chi connectivity index (χ0n) is 24.8. The van der Waals surface area contributed by atoms with Crippen LogP contribution in [0.25, 0.3) is 55.0 Å². The lowest BCUT2D eigenvalue weighted by atomic mass is 9.56. The molecule has 0 saturated heterocycles. The summed E-state index contributed by atoms with van der Waals surface area (Å²) in [5, 5.41) is 5.23. The predicted molar refractivity (Wildman–Crippen MR) is 180 cm³/mol. The summed E-state index contributed by atoms with van der Waals surface area (Å²) in [5.74, 6) is 1.77. The molecule has 9 rings (SSSR count). The van der Waals surface area contributed by atoms with Crippen molar-refractivity contribution in [1.82, 2.24) is 14.1 Å². The van der Waals surface area contributed by atoms with Crippen LogP contribution in [0.3, 0.4) is 0 Å². The number of fused-ring (bicyclic) bond motifs is 8. The van der Waals surface area contributed by atoms with Crippen LogP contribution >= 0.6 is 0 Å². The molecular formula is C40H37N3. The number of hydrogen-bond donors (Lipinski definition) is 0. The van der Waals surface area contributed by atoms with Gasteiger partial charge in [-0.2, -0.15) is 0 Å². The van der Waals surface area contributed by atoms with Crippen LogP contribution in [0.2, 0.25) is 0 Å². The van der Waals surface area contributed by atoms with Crippen molar-refractivity contribution in [3.05, 3.63) is 115 Å². The van der Waals surface area contributed by atoms with Crippen LogP contribution < -0.4 is 0 Å². The molecule has 0 spiro atoms. The maximum absolute atomic E-state index is 4.83. The Kier molecular flexibility index (Phi) is 5.60. The highest BCUT2D eigenvalue weighted by Crippen LogP contribution is 2.53. The summed E-state index contributed by atoms with van der Waals surface area (Å²) in [6.45, 7) is 2.40. The molecule has 3 heteroatoms. The molecule has 0 N–H and O–H groups in total. The quantitative estimate of drug-likeness (QED) is 0.210. The topological polar surface area (TPSA) is 22.8 Å². The van der Waals surface area contributed by atoms with Gasteiger partial charge in [0.2, 0.25) is 0 Å².